The molecule has 0 bridgehead atoms. The Labute approximate surface area is 108 Å². The van der Waals surface area contributed by atoms with Crippen LogP contribution in [0.15, 0.2) is 54.6 Å². The Balaban J connectivity index is 0.000000771. The summed E-state index contributed by atoms with van der Waals surface area (Å²) in [6, 6.07) is 16.4. The van der Waals surface area contributed by atoms with Crippen LogP contribution < -0.4 is 4.74 Å². The topological polar surface area (TPSA) is 26.3 Å². The van der Waals surface area contributed by atoms with E-state index >= 15 is 0 Å². The molecule has 0 amide bonds. The molecule has 0 heterocycles. The van der Waals surface area contributed by atoms with E-state index in [-0.39, 0.29) is 5.97 Å². The number of para-hydroxylation sites is 1. The van der Waals surface area contributed by atoms with E-state index in [0.29, 0.717) is 11.3 Å². The molecule has 2 nitrogen and oxygen atoms in total. The van der Waals surface area contributed by atoms with Crippen LogP contribution >= 0.6 is 0 Å². The third-order valence-corrected chi connectivity index (χ3v) is 2.24. The maximum atomic E-state index is 11.7. The molecule has 94 valence electrons. The van der Waals surface area contributed by atoms with Gasteiger partial charge < -0.3 is 4.74 Å². The monoisotopic (exact) mass is 242 g/mol. The van der Waals surface area contributed by atoms with Crippen LogP contribution in [0.3, 0.4) is 0 Å². The summed E-state index contributed by atoms with van der Waals surface area (Å²) >= 11 is 0. The summed E-state index contributed by atoms with van der Waals surface area (Å²) in [6.07, 6.45) is 0. The maximum Gasteiger partial charge on any atom is 0.343 e. The summed E-state index contributed by atoms with van der Waals surface area (Å²) in [4.78, 5) is 11.7. The van der Waals surface area contributed by atoms with E-state index in [2.05, 4.69) is 0 Å². The van der Waals surface area contributed by atoms with Crippen LogP contribution in [0.4, 0.5) is 0 Å². The number of carbonyl (C=O) groups excluding carboxylic acids is 1. The number of benzene rings is 2. The summed E-state index contributed by atoms with van der Waals surface area (Å²) < 4.78 is 5.20. The van der Waals surface area contributed by atoms with Crippen molar-refractivity contribution >= 4 is 5.97 Å². The van der Waals surface area contributed by atoms with E-state index in [9.17, 15) is 4.79 Å². The molecule has 0 aliphatic heterocycles. The van der Waals surface area contributed by atoms with Crippen molar-refractivity contribution in [3.05, 3.63) is 65.7 Å². The zero-order chi connectivity index (χ0) is 13.4. The molecule has 0 spiro atoms. The summed E-state index contributed by atoms with van der Waals surface area (Å²) in [5, 5.41) is 0. The molecule has 2 aromatic rings. The van der Waals surface area contributed by atoms with Crippen LogP contribution in [0, 0.1) is 6.92 Å². The summed E-state index contributed by atoms with van der Waals surface area (Å²) in [6.45, 7) is 5.98. The molecule has 2 aromatic carbocycles. The molecule has 0 aliphatic carbocycles. The first-order valence-corrected chi connectivity index (χ1v) is 6.09. The van der Waals surface area contributed by atoms with Gasteiger partial charge >= 0.3 is 5.97 Å². The van der Waals surface area contributed by atoms with E-state index in [1.807, 2.05) is 51.1 Å². The largest absolute Gasteiger partial charge is 0.423 e. The van der Waals surface area contributed by atoms with Crippen LogP contribution in [-0.2, 0) is 0 Å². The van der Waals surface area contributed by atoms with Gasteiger partial charge in [-0.25, -0.2) is 4.79 Å². The number of rotatable bonds is 2. The minimum absolute atomic E-state index is 0.328. The Morgan fingerprint density at radius 1 is 0.889 bits per heavy atom. The highest BCUT2D eigenvalue weighted by Gasteiger charge is 2.07. The lowest BCUT2D eigenvalue weighted by atomic mass is 10.1. The molecule has 0 aromatic heterocycles. The highest BCUT2D eigenvalue weighted by atomic mass is 16.5. The first kappa shape index (κ1) is 14.0. The summed E-state index contributed by atoms with van der Waals surface area (Å²) in [7, 11) is 0. The maximum absolute atomic E-state index is 11.7. The first-order chi connectivity index (χ1) is 8.75. The highest BCUT2D eigenvalue weighted by Crippen LogP contribution is 2.12. The molecule has 18 heavy (non-hydrogen) atoms. The van der Waals surface area contributed by atoms with Gasteiger partial charge in [0.05, 0.1) is 5.56 Å². The number of hydrogen-bond acceptors (Lipinski definition) is 2. The Morgan fingerprint density at radius 3 is 2.00 bits per heavy atom. The van der Waals surface area contributed by atoms with Crippen molar-refractivity contribution in [1.82, 2.24) is 0 Å². The average molecular weight is 242 g/mol. The minimum Gasteiger partial charge on any atom is -0.423 e. The van der Waals surface area contributed by atoms with E-state index < -0.39 is 0 Å². The van der Waals surface area contributed by atoms with Crippen LogP contribution in [0.1, 0.15) is 29.8 Å². The number of aryl methyl sites for hydroxylation is 1. The van der Waals surface area contributed by atoms with Crippen LogP contribution in [0.5, 0.6) is 5.75 Å². The van der Waals surface area contributed by atoms with Gasteiger partial charge in [-0.3, -0.25) is 0 Å². The van der Waals surface area contributed by atoms with Gasteiger partial charge in [0.25, 0.3) is 0 Å². The average Bonchev–Trinajstić information content (AvgIpc) is 2.43. The molecule has 0 saturated heterocycles. The standard InChI is InChI=1S/C14H12O2.C2H6/c1-11-7-9-12(10-8-11)14(15)16-13-5-3-2-4-6-13;1-2/h2-10H,1H3;1-2H3. The Morgan fingerprint density at radius 2 is 1.44 bits per heavy atom. The fourth-order valence-corrected chi connectivity index (χ4v) is 1.34. The Kier molecular flexibility index (Phi) is 5.65. The zero-order valence-corrected chi connectivity index (χ0v) is 11.0. The van der Waals surface area contributed by atoms with Crippen molar-refractivity contribution in [2.45, 2.75) is 20.8 Å². The van der Waals surface area contributed by atoms with Crippen molar-refractivity contribution < 1.29 is 9.53 Å². The second-order valence-corrected chi connectivity index (χ2v) is 3.57. The van der Waals surface area contributed by atoms with Crippen molar-refractivity contribution in [3.8, 4) is 5.75 Å². The number of hydrogen-bond donors (Lipinski definition) is 0. The van der Waals surface area contributed by atoms with Crippen molar-refractivity contribution in [1.29, 1.82) is 0 Å². The molecule has 2 heteroatoms. The van der Waals surface area contributed by atoms with Gasteiger partial charge in [-0.15, -0.1) is 0 Å². The number of ether oxygens (including phenoxy) is 1. The third-order valence-electron chi connectivity index (χ3n) is 2.24. The predicted octanol–water partition coefficient (Wildman–Crippen LogP) is 4.24. The molecule has 0 atom stereocenters. The number of esters is 1. The molecule has 0 saturated carbocycles. The van der Waals surface area contributed by atoms with E-state index in [0.717, 1.165) is 5.56 Å². The fraction of sp³-hybridized carbons (Fsp3) is 0.188. The van der Waals surface area contributed by atoms with Gasteiger partial charge in [-0.2, -0.15) is 0 Å². The van der Waals surface area contributed by atoms with Gasteiger partial charge in [0, 0.05) is 0 Å². The van der Waals surface area contributed by atoms with E-state index in [4.69, 9.17) is 4.74 Å². The van der Waals surface area contributed by atoms with E-state index in [1.54, 1.807) is 24.3 Å². The number of carbonyl (C=O) groups is 1. The lowest BCUT2D eigenvalue weighted by molar-refractivity contribution is 0.0735. The second kappa shape index (κ2) is 7.28. The van der Waals surface area contributed by atoms with Crippen LogP contribution in [0.2, 0.25) is 0 Å². The fourth-order valence-electron chi connectivity index (χ4n) is 1.34. The van der Waals surface area contributed by atoms with Gasteiger partial charge in [-0.1, -0.05) is 49.7 Å². The molecule has 0 unspecified atom stereocenters. The van der Waals surface area contributed by atoms with Crippen LogP contribution in [0.25, 0.3) is 0 Å². The molecule has 0 aliphatic rings. The Hall–Kier alpha value is -2.09. The predicted molar refractivity (Wildman–Crippen MR) is 73.9 cm³/mol. The second-order valence-electron chi connectivity index (χ2n) is 3.57. The van der Waals surface area contributed by atoms with Crippen LogP contribution in [-0.4, -0.2) is 5.97 Å². The molecule has 0 fully saturated rings. The van der Waals surface area contributed by atoms with Gasteiger partial charge in [0.1, 0.15) is 5.75 Å². The minimum atomic E-state index is -0.328. The van der Waals surface area contributed by atoms with Gasteiger partial charge in [0.15, 0.2) is 0 Å². The van der Waals surface area contributed by atoms with Crippen molar-refractivity contribution in [2.75, 3.05) is 0 Å². The van der Waals surface area contributed by atoms with E-state index in [1.165, 1.54) is 0 Å². The quantitative estimate of drug-likeness (QED) is 0.581. The van der Waals surface area contributed by atoms with Gasteiger partial charge in [-0.05, 0) is 31.2 Å². The highest BCUT2D eigenvalue weighted by molar-refractivity contribution is 5.91. The Bertz CT molecular complexity index is 472. The molecular weight excluding hydrogens is 224 g/mol. The van der Waals surface area contributed by atoms with Gasteiger partial charge in [0.2, 0.25) is 0 Å². The lowest BCUT2D eigenvalue weighted by Crippen LogP contribution is -2.08. The lowest BCUT2D eigenvalue weighted by Gasteiger charge is -2.03. The van der Waals surface area contributed by atoms with Crippen molar-refractivity contribution in [2.24, 2.45) is 0 Å². The molecule has 2 rings (SSSR count). The smallest absolute Gasteiger partial charge is 0.343 e. The molecule has 0 radical (unpaired) electrons. The third kappa shape index (κ3) is 4.06. The molecule has 0 N–H and O–H groups in total. The summed E-state index contributed by atoms with van der Waals surface area (Å²) in [5.74, 6) is 0.235. The summed E-state index contributed by atoms with van der Waals surface area (Å²) in [5.41, 5.74) is 1.69. The molecular formula is C16H18O2. The van der Waals surface area contributed by atoms with Crippen molar-refractivity contribution in [3.63, 3.8) is 0 Å². The first-order valence-electron chi connectivity index (χ1n) is 6.09. The zero-order valence-electron chi connectivity index (χ0n) is 11.0. The SMILES string of the molecule is CC.Cc1ccc(C(=O)Oc2ccccc2)cc1. The normalized spacial score (nSPS) is 9.06.